The van der Waals surface area contributed by atoms with E-state index in [4.69, 9.17) is 4.74 Å². The van der Waals surface area contributed by atoms with Crippen molar-refractivity contribution in [3.63, 3.8) is 0 Å². The molecule has 0 amide bonds. The summed E-state index contributed by atoms with van der Waals surface area (Å²) in [6.07, 6.45) is 17.8. The molecule has 0 aliphatic carbocycles. The van der Waals surface area contributed by atoms with E-state index in [0.29, 0.717) is 13.0 Å². The van der Waals surface area contributed by atoms with Crippen LogP contribution in [0, 0.1) is 5.92 Å². The van der Waals surface area contributed by atoms with Gasteiger partial charge in [-0.05, 0) is 46.0 Å². The third kappa shape index (κ3) is 14.8. The second-order valence-electron chi connectivity index (χ2n) is 7.61. The Balaban J connectivity index is 3.72. The minimum Gasteiger partial charge on any atom is -0.466 e. The highest BCUT2D eigenvalue weighted by Crippen LogP contribution is 2.19. The number of hydrogen-bond donors (Lipinski definition) is 2. The van der Waals surface area contributed by atoms with E-state index in [2.05, 4.69) is 19.1 Å². The fourth-order valence-corrected chi connectivity index (χ4v) is 3.27. The van der Waals surface area contributed by atoms with Gasteiger partial charge in [0.25, 0.3) is 0 Å². The van der Waals surface area contributed by atoms with E-state index in [1.807, 2.05) is 0 Å². The molecule has 0 aliphatic rings. The van der Waals surface area contributed by atoms with Gasteiger partial charge in [-0.1, -0.05) is 70.4 Å². The lowest BCUT2D eigenvalue weighted by Gasteiger charge is -2.23. The number of rotatable bonds is 18. The van der Waals surface area contributed by atoms with Gasteiger partial charge in [-0.15, -0.1) is 0 Å². The van der Waals surface area contributed by atoms with Crippen molar-refractivity contribution in [2.24, 2.45) is 5.92 Å². The van der Waals surface area contributed by atoms with Crippen LogP contribution in [0.25, 0.3) is 0 Å². The normalized spacial score (nSPS) is 15.0. The van der Waals surface area contributed by atoms with Crippen LogP contribution in [0.5, 0.6) is 0 Å². The number of carbonyl (C=O) groups excluding carboxylic acids is 1. The lowest BCUT2D eigenvalue weighted by atomic mass is 9.92. The Labute approximate surface area is 167 Å². The molecule has 3 unspecified atom stereocenters. The Bertz CT molecular complexity index is 365. The molecule has 0 radical (unpaired) electrons. The number of allylic oxidation sites excluding steroid dienone is 2. The van der Waals surface area contributed by atoms with Crippen LogP contribution in [0.4, 0.5) is 0 Å². The molecule has 0 saturated carbocycles. The zero-order valence-electron chi connectivity index (χ0n) is 18.0. The van der Waals surface area contributed by atoms with Crippen molar-refractivity contribution < 1.29 is 19.7 Å². The summed E-state index contributed by atoms with van der Waals surface area (Å²) >= 11 is 0. The molecule has 0 spiro atoms. The van der Waals surface area contributed by atoms with Gasteiger partial charge in [0.2, 0.25) is 0 Å². The van der Waals surface area contributed by atoms with E-state index < -0.39 is 24.1 Å². The Kier molecular flexibility index (Phi) is 17.9. The minimum absolute atomic E-state index is 0.299. The van der Waals surface area contributed by atoms with Crippen LogP contribution < -0.4 is 0 Å². The van der Waals surface area contributed by atoms with Crippen molar-refractivity contribution in [2.75, 3.05) is 6.61 Å². The number of carbonyl (C=O) groups is 1. The van der Waals surface area contributed by atoms with E-state index in [0.717, 1.165) is 32.1 Å². The van der Waals surface area contributed by atoms with Crippen LogP contribution in [0.1, 0.15) is 104 Å². The fourth-order valence-electron chi connectivity index (χ4n) is 3.27. The first-order valence-electron chi connectivity index (χ1n) is 11.2. The summed E-state index contributed by atoms with van der Waals surface area (Å²) in [5.74, 6) is -1.02. The molecule has 4 heteroatoms. The molecule has 0 rings (SSSR count). The molecule has 0 aromatic rings. The largest absolute Gasteiger partial charge is 0.466 e. The highest BCUT2D eigenvalue weighted by molar-refractivity contribution is 5.73. The molecule has 27 heavy (non-hydrogen) atoms. The zero-order valence-corrected chi connectivity index (χ0v) is 18.0. The van der Waals surface area contributed by atoms with Crippen molar-refractivity contribution >= 4 is 5.97 Å². The summed E-state index contributed by atoms with van der Waals surface area (Å²) in [4.78, 5) is 12.0. The summed E-state index contributed by atoms with van der Waals surface area (Å²) in [6, 6.07) is 0. The molecule has 3 atom stereocenters. The molecule has 160 valence electrons. The molecule has 0 bridgehead atoms. The minimum atomic E-state index is -1.05. The monoisotopic (exact) mass is 384 g/mol. The maximum absolute atomic E-state index is 12.0. The standard InChI is InChI=1S/C23H44O4/c1-4-6-7-8-9-10-11-12-13-14-15-16-17-18-19-21(22(25)20(3)24)23(26)27-5-2/h12-13,20-22,24-25H,4-11,14-19H2,1-3H3/b13-12-. The van der Waals surface area contributed by atoms with Gasteiger partial charge in [0.1, 0.15) is 0 Å². The first kappa shape index (κ1) is 26.1. The molecular formula is C23H44O4. The number of aliphatic hydroxyl groups excluding tert-OH is 2. The first-order chi connectivity index (χ1) is 13.0. The Hall–Kier alpha value is -0.870. The van der Waals surface area contributed by atoms with Crippen LogP contribution >= 0.6 is 0 Å². The molecule has 4 nitrogen and oxygen atoms in total. The van der Waals surface area contributed by atoms with Gasteiger partial charge in [0.15, 0.2) is 0 Å². The van der Waals surface area contributed by atoms with Crippen molar-refractivity contribution in [2.45, 2.75) is 116 Å². The van der Waals surface area contributed by atoms with Crippen LogP contribution in [0.15, 0.2) is 12.2 Å². The Morgan fingerprint density at radius 2 is 1.37 bits per heavy atom. The van der Waals surface area contributed by atoms with Crippen LogP contribution in [-0.2, 0) is 9.53 Å². The highest BCUT2D eigenvalue weighted by atomic mass is 16.5. The van der Waals surface area contributed by atoms with E-state index in [1.54, 1.807) is 6.92 Å². The van der Waals surface area contributed by atoms with E-state index in [-0.39, 0.29) is 0 Å². The van der Waals surface area contributed by atoms with Gasteiger partial charge in [-0.2, -0.15) is 0 Å². The van der Waals surface area contributed by atoms with Crippen LogP contribution in [-0.4, -0.2) is 35.0 Å². The van der Waals surface area contributed by atoms with Gasteiger partial charge in [-0.3, -0.25) is 4.79 Å². The maximum Gasteiger partial charge on any atom is 0.311 e. The summed E-state index contributed by atoms with van der Waals surface area (Å²) < 4.78 is 5.03. The topological polar surface area (TPSA) is 66.8 Å². The third-order valence-electron chi connectivity index (χ3n) is 5.02. The Morgan fingerprint density at radius 3 is 1.89 bits per heavy atom. The number of esters is 1. The summed E-state index contributed by atoms with van der Waals surface area (Å²) in [5, 5.41) is 19.6. The predicted octanol–water partition coefficient (Wildman–Crippen LogP) is 5.55. The molecule has 0 heterocycles. The third-order valence-corrected chi connectivity index (χ3v) is 5.02. The average molecular weight is 385 g/mol. The molecule has 0 saturated heterocycles. The molecule has 2 N–H and O–H groups in total. The molecule has 0 aromatic heterocycles. The quantitative estimate of drug-likeness (QED) is 0.185. The number of unbranched alkanes of at least 4 members (excludes halogenated alkanes) is 10. The summed E-state index contributed by atoms with van der Waals surface area (Å²) in [5.41, 5.74) is 0. The number of ether oxygens (including phenoxy) is 1. The lowest BCUT2D eigenvalue weighted by molar-refractivity contribution is -0.155. The SMILES string of the molecule is CCCCCCCC/C=C\CCCCCCC(C(=O)OCC)C(O)C(C)O. The second-order valence-corrected chi connectivity index (χ2v) is 7.61. The van der Waals surface area contributed by atoms with Crippen molar-refractivity contribution in [3.05, 3.63) is 12.2 Å². The van der Waals surface area contributed by atoms with E-state index >= 15 is 0 Å². The van der Waals surface area contributed by atoms with Crippen molar-refractivity contribution in [1.82, 2.24) is 0 Å². The first-order valence-corrected chi connectivity index (χ1v) is 11.2. The van der Waals surface area contributed by atoms with Gasteiger partial charge in [-0.25, -0.2) is 0 Å². The van der Waals surface area contributed by atoms with Gasteiger partial charge >= 0.3 is 5.97 Å². The average Bonchev–Trinajstić information content (AvgIpc) is 2.64. The van der Waals surface area contributed by atoms with Crippen molar-refractivity contribution in [1.29, 1.82) is 0 Å². The van der Waals surface area contributed by atoms with Crippen LogP contribution in [0.3, 0.4) is 0 Å². The van der Waals surface area contributed by atoms with Gasteiger partial charge in [0.05, 0.1) is 24.7 Å². The molecule has 0 aromatic carbocycles. The number of hydrogen-bond acceptors (Lipinski definition) is 4. The second kappa shape index (κ2) is 18.5. The Morgan fingerprint density at radius 1 is 0.852 bits per heavy atom. The number of aliphatic hydroxyl groups is 2. The zero-order chi connectivity index (χ0) is 20.3. The van der Waals surface area contributed by atoms with Crippen LogP contribution in [0.2, 0.25) is 0 Å². The lowest BCUT2D eigenvalue weighted by Crippen LogP contribution is -2.37. The fraction of sp³-hybridized carbons (Fsp3) is 0.870. The highest BCUT2D eigenvalue weighted by Gasteiger charge is 2.30. The smallest absolute Gasteiger partial charge is 0.311 e. The molecular weight excluding hydrogens is 340 g/mol. The van der Waals surface area contributed by atoms with E-state index in [9.17, 15) is 15.0 Å². The van der Waals surface area contributed by atoms with Gasteiger partial charge in [0, 0.05) is 0 Å². The summed E-state index contributed by atoms with van der Waals surface area (Å²) in [7, 11) is 0. The van der Waals surface area contributed by atoms with Crippen molar-refractivity contribution in [3.8, 4) is 0 Å². The molecule has 0 fully saturated rings. The maximum atomic E-state index is 12.0. The predicted molar refractivity (Wildman–Crippen MR) is 113 cm³/mol. The van der Waals surface area contributed by atoms with E-state index in [1.165, 1.54) is 51.9 Å². The summed E-state index contributed by atoms with van der Waals surface area (Å²) in [6.45, 7) is 5.81. The molecule has 0 aliphatic heterocycles. The van der Waals surface area contributed by atoms with Gasteiger partial charge < -0.3 is 14.9 Å².